The molecule has 1 amide bonds. The van der Waals surface area contributed by atoms with Gasteiger partial charge < -0.3 is 10.7 Å². The van der Waals surface area contributed by atoms with Crippen LogP contribution in [0.25, 0.3) is 0 Å². The van der Waals surface area contributed by atoms with Crippen molar-refractivity contribution in [1.29, 1.82) is 0 Å². The maximum absolute atomic E-state index is 11.4. The van der Waals surface area contributed by atoms with Crippen molar-refractivity contribution in [3.8, 4) is 0 Å². The molecule has 0 spiro atoms. The summed E-state index contributed by atoms with van der Waals surface area (Å²) in [6, 6.07) is 0. The van der Waals surface area contributed by atoms with Gasteiger partial charge in [-0.1, -0.05) is 11.8 Å². The maximum Gasteiger partial charge on any atom is 0.232 e. The van der Waals surface area contributed by atoms with Crippen LogP contribution in [0, 0.1) is 0 Å². The summed E-state index contributed by atoms with van der Waals surface area (Å²) in [5.41, 5.74) is 0. The van der Waals surface area contributed by atoms with Crippen LogP contribution in [-0.4, -0.2) is 45.5 Å². The van der Waals surface area contributed by atoms with Crippen LogP contribution in [0.2, 0.25) is 0 Å². The predicted molar refractivity (Wildman–Crippen MR) is 61.6 cm³/mol. The molecule has 1 aromatic rings. The Morgan fingerprint density at radius 2 is 2.25 bits per heavy atom. The lowest BCUT2D eigenvalue weighted by molar-refractivity contribution is -0.125. The van der Waals surface area contributed by atoms with Gasteiger partial charge in [0.15, 0.2) is 5.82 Å². The second kappa shape index (κ2) is 4.32. The van der Waals surface area contributed by atoms with Gasteiger partial charge in [0.25, 0.3) is 0 Å². The molecular formula is C9H15N5OS. The van der Waals surface area contributed by atoms with Gasteiger partial charge in [0, 0.05) is 20.0 Å². The van der Waals surface area contributed by atoms with Gasteiger partial charge in [-0.25, -0.2) is 4.68 Å². The topological polar surface area (TPSA) is 77.0 Å². The van der Waals surface area contributed by atoms with E-state index in [1.807, 2.05) is 0 Å². The van der Waals surface area contributed by atoms with E-state index in [9.17, 15) is 4.79 Å². The summed E-state index contributed by atoms with van der Waals surface area (Å²) in [5, 5.41) is 8.64. The Hall–Kier alpha value is -1.24. The number of rotatable bonds is 4. The summed E-state index contributed by atoms with van der Waals surface area (Å²) in [6.45, 7) is 0. The third-order valence-corrected chi connectivity index (χ3v) is 3.38. The fourth-order valence-electron chi connectivity index (χ4n) is 1.26. The highest BCUT2D eigenvalue weighted by Crippen LogP contribution is 2.39. The average Bonchev–Trinajstić information content (AvgIpc) is 3.01. The molecule has 0 saturated heterocycles. The van der Waals surface area contributed by atoms with Gasteiger partial charge >= 0.3 is 0 Å². The zero-order valence-electron chi connectivity index (χ0n) is 9.38. The molecule has 1 saturated carbocycles. The number of hydrogen-bond donors (Lipinski definition) is 1. The SMILES string of the molecule is CN(C)C(=O)CSc1nnc(C2CC2)n1N. The van der Waals surface area contributed by atoms with E-state index < -0.39 is 0 Å². The normalized spacial score (nSPS) is 15.1. The van der Waals surface area contributed by atoms with Crippen LogP contribution in [0.4, 0.5) is 0 Å². The van der Waals surface area contributed by atoms with E-state index in [2.05, 4.69) is 10.2 Å². The first-order valence-electron chi connectivity index (χ1n) is 5.13. The third kappa shape index (κ3) is 2.29. The molecule has 0 radical (unpaired) electrons. The number of nitrogen functional groups attached to an aromatic ring is 1. The number of aromatic nitrogens is 3. The predicted octanol–water partition coefficient (Wildman–Crippen LogP) is 0.0496. The van der Waals surface area contributed by atoms with Gasteiger partial charge in [0.2, 0.25) is 11.1 Å². The van der Waals surface area contributed by atoms with Crippen molar-refractivity contribution in [3.05, 3.63) is 5.82 Å². The van der Waals surface area contributed by atoms with Gasteiger partial charge in [-0.05, 0) is 12.8 Å². The molecule has 1 aliphatic rings. The largest absolute Gasteiger partial charge is 0.348 e. The minimum atomic E-state index is 0.0426. The van der Waals surface area contributed by atoms with Crippen molar-refractivity contribution in [1.82, 2.24) is 19.8 Å². The van der Waals surface area contributed by atoms with Crippen molar-refractivity contribution in [2.75, 3.05) is 25.7 Å². The molecule has 1 fully saturated rings. The van der Waals surface area contributed by atoms with E-state index in [1.165, 1.54) is 16.4 Å². The first-order valence-corrected chi connectivity index (χ1v) is 6.11. The molecule has 1 heterocycles. The van der Waals surface area contributed by atoms with Gasteiger partial charge in [0.1, 0.15) is 0 Å². The van der Waals surface area contributed by atoms with E-state index in [0.29, 0.717) is 16.8 Å². The maximum atomic E-state index is 11.4. The molecule has 1 aromatic heterocycles. The minimum Gasteiger partial charge on any atom is -0.348 e. The second-order valence-electron chi connectivity index (χ2n) is 4.06. The first kappa shape index (κ1) is 11.3. The van der Waals surface area contributed by atoms with Crippen molar-refractivity contribution in [2.45, 2.75) is 23.9 Å². The van der Waals surface area contributed by atoms with Crippen molar-refractivity contribution < 1.29 is 4.79 Å². The van der Waals surface area contributed by atoms with Crippen LogP contribution >= 0.6 is 11.8 Å². The lowest BCUT2D eigenvalue weighted by Gasteiger charge is -2.08. The summed E-state index contributed by atoms with van der Waals surface area (Å²) in [5.74, 6) is 7.54. The zero-order chi connectivity index (χ0) is 11.7. The van der Waals surface area contributed by atoms with Crippen LogP contribution in [0.15, 0.2) is 5.16 Å². The fraction of sp³-hybridized carbons (Fsp3) is 0.667. The highest BCUT2D eigenvalue weighted by Gasteiger charge is 2.29. The van der Waals surface area contributed by atoms with Gasteiger partial charge in [-0.3, -0.25) is 4.79 Å². The van der Waals surface area contributed by atoms with Crippen molar-refractivity contribution in [2.24, 2.45) is 0 Å². The Morgan fingerprint density at radius 3 is 2.81 bits per heavy atom. The summed E-state index contributed by atoms with van der Waals surface area (Å²) < 4.78 is 1.51. The van der Waals surface area contributed by atoms with E-state index in [1.54, 1.807) is 19.0 Å². The monoisotopic (exact) mass is 241 g/mol. The minimum absolute atomic E-state index is 0.0426. The van der Waals surface area contributed by atoms with E-state index >= 15 is 0 Å². The van der Waals surface area contributed by atoms with E-state index in [-0.39, 0.29) is 5.91 Å². The number of nitrogens with two attached hydrogens (primary N) is 1. The average molecular weight is 241 g/mol. The number of hydrogen-bond acceptors (Lipinski definition) is 5. The molecule has 0 aromatic carbocycles. The smallest absolute Gasteiger partial charge is 0.232 e. The Morgan fingerprint density at radius 1 is 1.56 bits per heavy atom. The van der Waals surface area contributed by atoms with Crippen LogP contribution < -0.4 is 5.84 Å². The summed E-state index contributed by atoms with van der Waals surface area (Å²) in [7, 11) is 3.46. The molecule has 0 unspecified atom stereocenters. The molecule has 88 valence electrons. The second-order valence-corrected chi connectivity index (χ2v) is 5.00. The van der Waals surface area contributed by atoms with Gasteiger partial charge in [-0.2, -0.15) is 0 Å². The summed E-state index contributed by atoms with van der Waals surface area (Å²) in [4.78, 5) is 12.9. The standard InChI is InChI=1S/C9H15N5OS/c1-13(2)7(15)5-16-9-12-11-8(14(9)10)6-3-4-6/h6H,3-5,10H2,1-2H3. The lowest BCUT2D eigenvalue weighted by atomic mass is 10.4. The van der Waals surface area contributed by atoms with Crippen molar-refractivity contribution >= 4 is 17.7 Å². The third-order valence-electron chi connectivity index (χ3n) is 2.46. The Kier molecular flexibility index (Phi) is 3.04. The molecule has 16 heavy (non-hydrogen) atoms. The number of nitrogens with zero attached hydrogens (tertiary/aromatic N) is 4. The molecular weight excluding hydrogens is 226 g/mol. The molecule has 0 bridgehead atoms. The number of carbonyl (C=O) groups is 1. The van der Waals surface area contributed by atoms with E-state index in [4.69, 9.17) is 5.84 Å². The highest BCUT2D eigenvalue weighted by atomic mass is 32.2. The highest BCUT2D eigenvalue weighted by molar-refractivity contribution is 7.99. The quantitative estimate of drug-likeness (QED) is 0.595. The van der Waals surface area contributed by atoms with Crippen LogP contribution in [0.1, 0.15) is 24.6 Å². The summed E-state index contributed by atoms with van der Waals surface area (Å²) in [6.07, 6.45) is 2.27. The first-order chi connectivity index (χ1) is 7.59. The molecule has 2 N–H and O–H groups in total. The number of carbonyl (C=O) groups excluding carboxylic acids is 1. The molecule has 0 aliphatic heterocycles. The van der Waals surface area contributed by atoms with Crippen molar-refractivity contribution in [3.63, 3.8) is 0 Å². The number of amides is 1. The molecule has 7 heteroatoms. The van der Waals surface area contributed by atoms with Gasteiger partial charge in [-0.15, -0.1) is 10.2 Å². The Balaban J connectivity index is 1.96. The molecule has 6 nitrogen and oxygen atoms in total. The molecule has 1 aliphatic carbocycles. The Labute approximate surface area is 98.2 Å². The molecule has 2 rings (SSSR count). The zero-order valence-corrected chi connectivity index (χ0v) is 10.2. The molecule has 0 atom stereocenters. The van der Waals surface area contributed by atoms with Crippen LogP contribution in [-0.2, 0) is 4.79 Å². The Bertz CT molecular complexity index is 399. The lowest BCUT2D eigenvalue weighted by Crippen LogP contribution is -2.24. The van der Waals surface area contributed by atoms with Crippen LogP contribution in [0.5, 0.6) is 0 Å². The number of thioether (sulfide) groups is 1. The van der Waals surface area contributed by atoms with Crippen LogP contribution in [0.3, 0.4) is 0 Å². The van der Waals surface area contributed by atoms with E-state index in [0.717, 1.165) is 18.7 Å². The van der Waals surface area contributed by atoms with Gasteiger partial charge in [0.05, 0.1) is 5.75 Å². The summed E-state index contributed by atoms with van der Waals surface area (Å²) >= 11 is 1.32. The fourth-order valence-corrected chi connectivity index (χ4v) is 2.10.